The SMILES string of the molecule is COCCOc1ccc(C2=[C-]CC(I)C(=O)N2C)c(F)c1.[Y]. The largest absolute Gasteiger partial charge is 0.491 e. The second kappa shape index (κ2) is 9.30. The fourth-order valence-corrected chi connectivity index (χ4v) is 2.65. The maximum absolute atomic E-state index is 14.2. The van der Waals surface area contributed by atoms with Crippen molar-refractivity contribution in [1.82, 2.24) is 4.90 Å². The number of amides is 1. The Hall–Kier alpha value is -0.0461. The smallest absolute Gasteiger partial charge is 0.235 e. The van der Waals surface area contributed by atoms with Gasteiger partial charge in [0.25, 0.3) is 0 Å². The van der Waals surface area contributed by atoms with Gasteiger partial charge in [-0.05, 0) is 12.1 Å². The number of alkyl halides is 1. The fraction of sp³-hybridized carbons (Fsp3) is 0.400. The molecule has 0 saturated heterocycles. The molecule has 1 aliphatic heterocycles. The molecule has 117 valence electrons. The Morgan fingerprint density at radius 2 is 2.18 bits per heavy atom. The fourth-order valence-electron chi connectivity index (χ4n) is 2.01. The van der Waals surface area contributed by atoms with E-state index in [0.29, 0.717) is 36.6 Å². The van der Waals surface area contributed by atoms with Crippen LogP contribution in [0.4, 0.5) is 4.39 Å². The number of methoxy groups -OCH3 is 1. The van der Waals surface area contributed by atoms with Crippen molar-refractivity contribution in [2.75, 3.05) is 27.4 Å². The average Bonchev–Trinajstić information content (AvgIpc) is 2.46. The first-order chi connectivity index (χ1) is 10.0. The van der Waals surface area contributed by atoms with Crippen LogP contribution in [0.2, 0.25) is 0 Å². The van der Waals surface area contributed by atoms with Crippen LogP contribution in [0.3, 0.4) is 0 Å². The number of carbonyl (C=O) groups is 1. The molecule has 0 N–H and O–H groups in total. The van der Waals surface area contributed by atoms with Crippen LogP contribution >= 0.6 is 22.6 Å². The summed E-state index contributed by atoms with van der Waals surface area (Å²) in [7, 11) is 3.21. The first-order valence-electron chi connectivity index (χ1n) is 6.48. The molecule has 4 nitrogen and oxygen atoms in total. The van der Waals surface area contributed by atoms with Crippen molar-refractivity contribution in [3.05, 3.63) is 35.7 Å². The maximum atomic E-state index is 14.2. The molecule has 0 bridgehead atoms. The minimum absolute atomic E-state index is 0. The van der Waals surface area contributed by atoms with Crippen molar-refractivity contribution in [3.8, 4) is 5.75 Å². The molecule has 0 aliphatic carbocycles. The van der Waals surface area contributed by atoms with E-state index in [1.165, 1.54) is 11.0 Å². The van der Waals surface area contributed by atoms with Gasteiger partial charge in [-0.2, -0.15) is 0 Å². The molecule has 2 rings (SSSR count). The van der Waals surface area contributed by atoms with Crippen molar-refractivity contribution in [2.24, 2.45) is 0 Å². The summed E-state index contributed by atoms with van der Waals surface area (Å²) in [6.07, 6.45) is 3.58. The number of halogens is 2. The topological polar surface area (TPSA) is 38.8 Å². The minimum Gasteiger partial charge on any atom is -0.491 e. The third-order valence-electron chi connectivity index (χ3n) is 3.13. The van der Waals surface area contributed by atoms with Crippen molar-refractivity contribution < 1.29 is 51.4 Å². The second-order valence-corrected chi connectivity index (χ2v) is 6.08. The van der Waals surface area contributed by atoms with Gasteiger partial charge in [-0.1, -0.05) is 29.0 Å². The first-order valence-corrected chi connectivity index (χ1v) is 7.73. The first kappa shape index (κ1) is 20.0. The zero-order valence-electron chi connectivity index (χ0n) is 12.4. The van der Waals surface area contributed by atoms with Gasteiger partial charge in [0, 0.05) is 46.9 Å². The number of rotatable bonds is 5. The molecule has 1 aliphatic rings. The Labute approximate surface area is 168 Å². The van der Waals surface area contributed by atoms with E-state index >= 15 is 0 Å². The number of hydrogen-bond acceptors (Lipinski definition) is 3. The normalized spacial score (nSPS) is 17.8. The zero-order valence-corrected chi connectivity index (χ0v) is 17.4. The van der Waals surface area contributed by atoms with Crippen LogP contribution in [0.5, 0.6) is 5.75 Å². The predicted molar refractivity (Wildman–Crippen MR) is 85.6 cm³/mol. The molecule has 1 atom stereocenters. The molecule has 7 heteroatoms. The van der Waals surface area contributed by atoms with Gasteiger partial charge < -0.3 is 14.4 Å². The minimum atomic E-state index is -0.432. The monoisotopic (exact) mass is 493 g/mol. The van der Waals surface area contributed by atoms with Crippen molar-refractivity contribution in [2.45, 2.75) is 10.3 Å². The van der Waals surface area contributed by atoms with Gasteiger partial charge in [0.1, 0.15) is 12.4 Å². The summed E-state index contributed by atoms with van der Waals surface area (Å²) in [5.74, 6) is -0.0337. The van der Waals surface area contributed by atoms with Gasteiger partial charge in [0.2, 0.25) is 5.91 Å². The summed E-state index contributed by atoms with van der Waals surface area (Å²) < 4.78 is 24.3. The molecule has 0 fully saturated rings. The molecule has 0 aromatic heterocycles. The van der Waals surface area contributed by atoms with Crippen LogP contribution in [0.1, 0.15) is 12.0 Å². The Morgan fingerprint density at radius 1 is 1.45 bits per heavy atom. The molecule has 1 aromatic carbocycles. The van der Waals surface area contributed by atoms with E-state index < -0.39 is 5.82 Å². The molecule has 1 unspecified atom stereocenters. The number of allylic oxidation sites excluding steroid dienone is 1. The zero-order chi connectivity index (χ0) is 15.4. The summed E-state index contributed by atoms with van der Waals surface area (Å²) in [4.78, 5) is 13.4. The summed E-state index contributed by atoms with van der Waals surface area (Å²) >= 11 is 2.07. The van der Waals surface area contributed by atoms with E-state index in [-0.39, 0.29) is 42.5 Å². The Morgan fingerprint density at radius 3 is 2.82 bits per heavy atom. The van der Waals surface area contributed by atoms with Gasteiger partial charge in [-0.3, -0.25) is 4.79 Å². The summed E-state index contributed by atoms with van der Waals surface area (Å²) in [5, 5.41) is 0. The molecular weight excluding hydrogens is 477 g/mol. The van der Waals surface area contributed by atoms with Crippen LogP contribution in [0.25, 0.3) is 5.70 Å². The van der Waals surface area contributed by atoms with Gasteiger partial charge in [0.15, 0.2) is 0 Å². The van der Waals surface area contributed by atoms with Crippen LogP contribution in [-0.2, 0) is 42.2 Å². The van der Waals surface area contributed by atoms with Crippen molar-refractivity contribution >= 4 is 34.2 Å². The van der Waals surface area contributed by atoms with E-state index in [2.05, 4.69) is 28.7 Å². The summed E-state index contributed by atoms with van der Waals surface area (Å²) in [5.41, 5.74) is 0.835. The van der Waals surface area contributed by atoms with E-state index in [9.17, 15) is 9.18 Å². The molecule has 1 heterocycles. The van der Waals surface area contributed by atoms with Gasteiger partial charge >= 0.3 is 0 Å². The average molecular weight is 493 g/mol. The molecule has 1 radical (unpaired) electrons. The van der Waals surface area contributed by atoms with Crippen LogP contribution in [0, 0.1) is 11.9 Å². The molecule has 22 heavy (non-hydrogen) atoms. The molecular formula is C15H16FINO3Y-. The van der Waals surface area contributed by atoms with E-state index in [4.69, 9.17) is 9.47 Å². The van der Waals surface area contributed by atoms with E-state index in [1.54, 1.807) is 26.3 Å². The summed E-state index contributed by atoms with van der Waals surface area (Å²) in [6, 6.07) is 4.60. The predicted octanol–water partition coefficient (Wildman–Crippen LogP) is 2.66. The summed E-state index contributed by atoms with van der Waals surface area (Å²) in [6.45, 7) is 0.801. The number of nitrogens with zero attached hydrogens (tertiary/aromatic N) is 1. The maximum Gasteiger partial charge on any atom is 0.235 e. The van der Waals surface area contributed by atoms with Crippen LogP contribution < -0.4 is 4.74 Å². The molecule has 0 saturated carbocycles. The van der Waals surface area contributed by atoms with E-state index in [0.717, 1.165) is 0 Å². The van der Waals surface area contributed by atoms with Crippen LogP contribution in [-0.4, -0.2) is 42.1 Å². The number of carbonyl (C=O) groups excluding carboxylic acids is 1. The van der Waals surface area contributed by atoms with E-state index in [1.807, 2.05) is 0 Å². The van der Waals surface area contributed by atoms with Gasteiger partial charge in [-0.25, -0.2) is 10.5 Å². The Balaban J connectivity index is 0.00000242. The van der Waals surface area contributed by atoms with Crippen molar-refractivity contribution in [3.63, 3.8) is 0 Å². The van der Waals surface area contributed by atoms with Crippen molar-refractivity contribution in [1.29, 1.82) is 0 Å². The Kier molecular flexibility index (Phi) is 8.45. The second-order valence-electron chi connectivity index (χ2n) is 4.58. The third kappa shape index (κ3) is 4.72. The molecule has 0 spiro atoms. The Bertz CT molecular complexity index is 568. The van der Waals surface area contributed by atoms with Gasteiger partial charge in [-0.15, -0.1) is 17.3 Å². The third-order valence-corrected chi connectivity index (χ3v) is 4.11. The molecule has 1 amide bonds. The number of benzene rings is 1. The molecule has 1 aromatic rings. The van der Waals surface area contributed by atoms with Crippen LogP contribution in [0.15, 0.2) is 18.2 Å². The van der Waals surface area contributed by atoms with Gasteiger partial charge in [0.05, 0.1) is 16.3 Å². The number of ether oxygens (including phenoxy) is 2. The quantitative estimate of drug-likeness (QED) is 0.274. The standard InChI is InChI=1S/C15H16FINO3.Y/c1-18-14(6-5-13(17)15(18)19)11-4-3-10(9-12(11)16)21-8-7-20-2;/h3-4,9,13H,5,7-8H2,1-2H3;/q-1;. The number of hydrogen-bond donors (Lipinski definition) is 0.